The summed E-state index contributed by atoms with van der Waals surface area (Å²) < 4.78 is 6.08. The second-order valence-corrected chi connectivity index (χ2v) is 8.13. The highest BCUT2D eigenvalue weighted by molar-refractivity contribution is 5.81. The standard InChI is InChI=1S/C23H30N2O2/c1-23(2,3)22(26)25-16-14-24(15-17-25)21(19-10-6-4-7-11-19)18-27-20-12-8-5-9-13-20/h4-13,21H,14-18H2,1-3H3. The molecule has 1 amide bonds. The van der Waals surface area contributed by atoms with E-state index in [1.807, 2.05) is 62.1 Å². The third-order valence-corrected chi connectivity index (χ3v) is 5.02. The molecule has 4 heteroatoms. The fourth-order valence-electron chi connectivity index (χ4n) is 3.49. The molecular formula is C23H30N2O2. The number of ether oxygens (including phenoxy) is 1. The van der Waals surface area contributed by atoms with E-state index < -0.39 is 0 Å². The molecule has 1 aliphatic heterocycles. The van der Waals surface area contributed by atoms with Gasteiger partial charge in [0.2, 0.25) is 5.91 Å². The van der Waals surface area contributed by atoms with E-state index in [1.165, 1.54) is 5.56 Å². The van der Waals surface area contributed by atoms with Crippen LogP contribution in [0.2, 0.25) is 0 Å². The average molecular weight is 367 g/mol. The normalized spacial score (nSPS) is 16.8. The molecule has 1 atom stereocenters. The predicted molar refractivity (Wildman–Crippen MR) is 109 cm³/mol. The lowest BCUT2D eigenvalue weighted by molar-refractivity contribution is -0.141. The van der Waals surface area contributed by atoms with Crippen LogP contribution in [0, 0.1) is 5.41 Å². The van der Waals surface area contributed by atoms with Gasteiger partial charge in [0.05, 0.1) is 6.04 Å². The molecule has 0 spiro atoms. The second kappa shape index (κ2) is 8.57. The van der Waals surface area contributed by atoms with Crippen LogP contribution >= 0.6 is 0 Å². The maximum absolute atomic E-state index is 12.6. The summed E-state index contributed by atoms with van der Waals surface area (Å²) in [5.74, 6) is 1.12. The molecule has 0 bridgehead atoms. The van der Waals surface area contributed by atoms with Crippen molar-refractivity contribution in [2.45, 2.75) is 26.8 Å². The Bertz CT molecular complexity index is 717. The maximum Gasteiger partial charge on any atom is 0.228 e. The predicted octanol–water partition coefficient (Wildman–Crippen LogP) is 4.00. The molecule has 2 aromatic carbocycles. The number of piperazine rings is 1. The van der Waals surface area contributed by atoms with E-state index in [0.717, 1.165) is 31.9 Å². The average Bonchev–Trinajstić information content (AvgIpc) is 2.69. The minimum absolute atomic E-state index is 0.179. The van der Waals surface area contributed by atoms with Crippen LogP contribution in [0.5, 0.6) is 5.75 Å². The van der Waals surface area contributed by atoms with Crippen molar-refractivity contribution in [3.05, 3.63) is 66.2 Å². The molecule has 0 aromatic heterocycles. The Kier molecular flexibility index (Phi) is 6.17. The second-order valence-electron chi connectivity index (χ2n) is 8.13. The van der Waals surface area contributed by atoms with Gasteiger partial charge in [-0.3, -0.25) is 9.69 Å². The number of carbonyl (C=O) groups excluding carboxylic acids is 1. The van der Waals surface area contributed by atoms with Crippen LogP contribution in [0.25, 0.3) is 0 Å². The first-order chi connectivity index (χ1) is 12.9. The smallest absolute Gasteiger partial charge is 0.228 e. The monoisotopic (exact) mass is 366 g/mol. The zero-order valence-electron chi connectivity index (χ0n) is 16.6. The number of carbonyl (C=O) groups is 1. The Hall–Kier alpha value is -2.33. The number of hydrogen-bond donors (Lipinski definition) is 0. The summed E-state index contributed by atoms with van der Waals surface area (Å²) >= 11 is 0. The molecule has 1 heterocycles. The van der Waals surface area contributed by atoms with E-state index in [2.05, 4.69) is 29.2 Å². The van der Waals surface area contributed by atoms with Crippen molar-refractivity contribution in [2.24, 2.45) is 5.41 Å². The Morgan fingerprint density at radius 1 is 0.926 bits per heavy atom. The van der Waals surface area contributed by atoms with Gasteiger partial charge in [0, 0.05) is 31.6 Å². The molecule has 144 valence electrons. The lowest BCUT2D eigenvalue weighted by atomic mass is 9.94. The van der Waals surface area contributed by atoms with Crippen LogP contribution in [0.1, 0.15) is 32.4 Å². The van der Waals surface area contributed by atoms with Gasteiger partial charge in [0.15, 0.2) is 0 Å². The highest BCUT2D eigenvalue weighted by Gasteiger charge is 2.32. The third-order valence-electron chi connectivity index (χ3n) is 5.02. The zero-order chi connectivity index (χ0) is 19.3. The van der Waals surface area contributed by atoms with Gasteiger partial charge in [-0.15, -0.1) is 0 Å². The van der Waals surface area contributed by atoms with Gasteiger partial charge < -0.3 is 9.64 Å². The SMILES string of the molecule is CC(C)(C)C(=O)N1CCN(C(COc2ccccc2)c2ccccc2)CC1. The van der Waals surface area contributed by atoms with Crippen LogP contribution in [0.3, 0.4) is 0 Å². The number of hydrogen-bond acceptors (Lipinski definition) is 3. The Morgan fingerprint density at radius 3 is 2.04 bits per heavy atom. The van der Waals surface area contributed by atoms with Crippen LogP contribution in [-0.2, 0) is 4.79 Å². The molecule has 2 aromatic rings. The summed E-state index contributed by atoms with van der Waals surface area (Å²) in [6, 6.07) is 20.6. The number of rotatable bonds is 5. The molecule has 0 N–H and O–H groups in total. The van der Waals surface area contributed by atoms with E-state index in [1.54, 1.807) is 0 Å². The minimum Gasteiger partial charge on any atom is -0.492 e. The quantitative estimate of drug-likeness (QED) is 0.802. The molecular weight excluding hydrogens is 336 g/mol. The summed E-state index contributed by atoms with van der Waals surface area (Å²) in [5, 5.41) is 0. The highest BCUT2D eigenvalue weighted by atomic mass is 16.5. The summed E-state index contributed by atoms with van der Waals surface area (Å²) in [7, 11) is 0. The van der Waals surface area contributed by atoms with Crippen molar-refractivity contribution in [3.8, 4) is 5.75 Å². The molecule has 0 aliphatic carbocycles. The molecule has 4 nitrogen and oxygen atoms in total. The number of benzene rings is 2. The van der Waals surface area contributed by atoms with Gasteiger partial charge in [-0.05, 0) is 17.7 Å². The van der Waals surface area contributed by atoms with Crippen molar-refractivity contribution in [3.63, 3.8) is 0 Å². The van der Waals surface area contributed by atoms with E-state index in [4.69, 9.17) is 4.74 Å². The largest absolute Gasteiger partial charge is 0.492 e. The molecule has 1 unspecified atom stereocenters. The molecule has 1 saturated heterocycles. The minimum atomic E-state index is -0.322. The van der Waals surface area contributed by atoms with Crippen LogP contribution in [0.4, 0.5) is 0 Å². The fourth-order valence-corrected chi connectivity index (χ4v) is 3.49. The van der Waals surface area contributed by atoms with E-state index in [-0.39, 0.29) is 17.4 Å². The lowest BCUT2D eigenvalue weighted by Gasteiger charge is -2.41. The first-order valence-electron chi connectivity index (χ1n) is 9.71. The van der Waals surface area contributed by atoms with Crippen molar-refractivity contribution in [2.75, 3.05) is 32.8 Å². The third kappa shape index (κ3) is 5.10. The first-order valence-corrected chi connectivity index (χ1v) is 9.71. The molecule has 3 rings (SSSR count). The Morgan fingerprint density at radius 2 is 1.48 bits per heavy atom. The van der Waals surface area contributed by atoms with Gasteiger partial charge in [0.25, 0.3) is 0 Å². The van der Waals surface area contributed by atoms with Crippen LogP contribution in [-0.4, -0.2) is 48.5 Å². The summed E-state index contributed by atoms with van der Waals surface area (Å²) in [4.78, 5) is 17.0. The summed E-state index contributed by atoms with van der Waals surface area (Å²) in [6.07, 6.45) is 0. The van der Waals surface area contributed by atoms with Crippen molar-refractivity contribution >= 4 is 5.91 Å². The van der Waals surface area contributed by atoms with Crippen molar-refractivity contribution in [1.29, 1.82) is 0 Å². The highest BCUT2D eigenvalue weighted by Crippen LogP contribution is 2.25. The topological polar surface area (TPSA) is 32.8 Å². The van der Waals surface area contributed by atoms with Crippen LogP contribution in [0.15, 0.2) is 60.7 Å². The van der Waals surface area contributed by atoms with E-state index in [9.17, 15) is 4.79 Å². The fraction of sp³-hybridized carbons (Fsp3) is 0.435. The van der Waals surface area contributed by atoms with Gasteiger partial charge >= 0.3 is 0 Å². The summed E-state index contributed by atoms with van der Waals surface area (Å²) in [5.41, 5.74) is 0.932. The first kappa shape index (κ1) is 19.4. The Balaban J connectivity index is 1.68. The van der Waals surface area contributed by atoms with E-state index >= 15 is 0 Å². The maximum atomic E-state index is 12.6. The Labute approximate surface area is 162 Å². The molecule has 0 saturated carbocycles. The summed E-state index contributed by atoms with van der Waals surface area (Å²) in [6.45, 7) is 9.82. The van der Waals surface area contributed by atoms with Gasteiger partial charge in [-0.25, -0.2) is 0 Å². The van der Waals surface area contributed by atoms with Gasteiger partial charge in [-0.1, -0.05) is 69.3 Å². The molecule has 0 radical (unpaired) electrons. The number of amides is 1. The lowest BCUT2D eigenvalue weighted by Crippen LogP contribution is -2.52. The zero-order valence-corrected chi connectivity index (χ0v) is 16.6. The van der Waals surface area contributed by atoms with Crippen molar-refractivity contribution in [1.82, 2.24) is 9.80 Å². The molecule has 1 aliphatic rings. The van der Waals surface area contributed by atoms with E-state index in [0.29, 0.717) is 6.61 Å². The van der Waals surface area contributed by atoms with Gasteiger partial charge in [-0.2, -0.15) is 0 Å². The molecule has 1 fully saturated rings. The molecule has 27 heavy (non-hydrogen) atoms. The number of para-hydroxylation sites is 1. The number of nitrogens with zero attached hydrogens (tertiary/aromatic N) is 2. The van der Waals surface area contributed by atoms with Crippen molar-refractivity contribution < 1.29 is 9.53 Å². The van der Waals surface area contributed by atoms with Crippen LogP contribution < -0.4 is 4.74 Å². The van der Waals surface area contributed by atoms with Gasteiger partial charge in [0.1, 0.15) is 12.4 Å².